The number of nitrogens with zero attached hydrogens (tertiary/aromatic N) is 3. The summed E-state index contributed by atoms with van der Waals surface area (Å²) in [6.07, 6.45) is 8.18. The molecule has 0 saturated heterocycles. The van der Waals surface area contributed by atoms with Crippen LogP contribution in [-0.4, -0.2) is 27.4 Å². The van der Waals surface area contributed by atoms with Crippen LogP contribution in [0.5, 0.6) is 0 Å². The highest BCUT2D eigenvalue weighted by Crippen LogP contribution is 2.28. The molecular formula is C12H22N4. The first-order valence-corrected chi connectivity index (χ1v) is 6.37. The van der Waals surface area contributed by atoms with E-state index in [0.29, 0.717) is 6.04 Å². The van der Waals surface area contributed by atoms with Crippen LogP contribution >= 0.6 is 0 Å². The van der Waals surface area contributed by atoms with Gasteiger partial charge in [-0.25, -0.2) is 4.98 Å². The molecule has 2 rings (SSSR count). The molecule has 4 heteroatoms. The smallest absolute Gasteiger partial charge is 0.138 e. The lowest BCUT2D eigenvalue weighted by molar-refractivity contribution is 0.354. The number of nitrogens with one attached hydrogen (secondary N) is 1. The lowest BCUT2D eigenvalue weighted by Gasteiger charge is -2.23. The van der Waals surface area contributed by atoms with Crippen molar-refractivity contribution in [3.63, 3.8) is 0 Å². The summed E-state index contributed by atoms with van der Waals surface area (Å²) in [6, 6.07) is 0.579. The lowest BCUT2D eigenvalue weighted by Crippen LogP contribution is -2.37. The van der Waals surface area contributed by atoms with E-state index in [4.69, 9.17) is 0 Å². The van der Waals surface area contributed by atoms with Crippen LogP contribution < -0.4 is 5.32 Å². The van der Waals surface area contributed by atoms with Crippen LogP contribution in [0.3, 0.4) is 0 Å². The molecule has 1 aromatic heterocycles. The highest BCUT2D eigenvalue weighted by Gasteiger charge is 2.25. The first-order chi connectivity index (χ1) is 7.81. The maximum atomic E-state index is 4.32. The van der Waals surface area contributed by atoms with Gasteiger partial charge < -0.3 is 5.32 Å². The molecule has 1 aliphatic carbocycles. The fourth-order valence-corrected chi connectivity index (χ4v) is 2.73. The standard InChI is InChI=1S/C12H22N4/c1-3-13-11(10-6-4-5-7-10)8-12-14-9-15-16(12)2/h9-11,13H,3-8H2,1-2H3. The van der Waals surface area contributed by atoms with Crippen molar-refractivity contribution < 1.29 is 0 Å². The summed E-state index contributed by atoms with van der Waals surface area (Å²) < 4.78 is 1.89. The number of hydrogen-bond donors (Lipinski definition) is 1. The zero-order valence-corrected chi connectivity index (χ0v) is 10.3. The number of rotatable bonds is 5. The molecule has 0 bridgehead atoms. The van der Waals surface area contributed by atoms with Gasteiger partial charge >= 0.3 is 0 Å². The molecule has 0 amide bonds. The molecule has 1 unspecified atom stereocenters. The van der Waals surface area contributed by atoms with Gasteiger partial charge in [0.1, 0.15) is 12.2 Å². The zero-order chi connectivity index (χ0) is 11.4. The van der Waals surface area contributed by atoms with E-state index in [2.05, 4.69) is 22.3 Å². The van der Waals surface area contributed by atoms with Gasteiger partial charge in [-0.15, -0.1) is 0 Å². The monoisotopic (exact) mass is 222 g/mol. The highest BCUT2D eigenvalue weighted by molar-refractivity contribution is 4.92. The molecule has 0 aliphatic heterocycles. The van der Waals surface area contributed by atoms with Crippen molar-refractivity contribution in [3.05, 3.63) is 12.2 Å². The molecule has 0 radical (unpaired) electrons. The van der Waals surface area contributed by atoms with E-state index in [1.807, 2.05) is 11.7 Å². The summed E-state index contributed by atoms with van der Waals surface area (Å²) in [4.78, 5) is 4.32. The minimum absolute atomic E-state index is 0.579. The van der Waals surface area contributed by atoms with Crippen LogP contribution in [0.2, 0.25) is 0 Å². The molecule has 90 valence electrons. The predicted molar refractivity (Wildman–Crippen MR) is 64.1 cm³/mol. The second-order valence-corrected chi connectivity index (χ2v) is 4.71. The first kappa shape index (κ1) is 11.6. The van der Waals surface area contributed by atoms with Crippen molar-refractivity contribution in [2.24, 2.45) is 13.0 Å². The second kappa shape index (κ2) is 5.43. The topological polar surface area (TPSA) is 42.7 Å². The Morgan fingerprint density at radius 3 is 2.81 bits per heavy atom. The van der Waals surface area contributed by atoms with Crippen molar-refractivity contribution in [2.75, 3.05) is 6.54 Å². The first-order valence-electron chi connectivity index (χ1n) is 6.37. The Hall–Kier alpha value is -0.900. The summed E-state index contributed by atoms with van der Waals surface area (Å²) in [5.74, 6) is 1.93. The van der Waals surface area contributed by atoms with Crippen molar-refractivity contribution in [1.82, 2.24) is 20.1 Å². The van der Waals surface area contributed by atoms with Crippen LogP contribution in [0.4, 0.5) is 0 Å². The van der Waals surface area contributed by atoms with Gasteiger partial charge in [-0.3, -0.25) is 4.68 Å². The fraction of sp³-hybridized carbons (Fsp3) is 0.833. The molecule has 1 aromatic rings. The molecule has 1 heterocycles. The zero-order valence-electron chi connectivity index (χ0n) is 10.3. The summed E-state index contributed by atoms with van der Waals surface area (Å²) in [7, 11) is 1.97. The molecule has 1 aliphatic rings. The van der Waals surface area contributed by atoms with Gasteiger partial charge in [0.05, 0.1) is 0 Å². The van der Waals surface area contributed by atoms with Crippen LogP contribution in [0.25, 0.3) is 0 Å². The summed E-state index contributed by atoms with van der Waals surface area (Å²) in [5.41, 5.74) is 0. The van der Waals surface area contributed by atoms with E-state index in [0.717, 1.165) is 24.7 Å². The van der Waals surface area contributed by atoms with E-state index >= 15 is 0 Å². The molecule has 0 aromatic carbocycles. The molecule has 1 saturated carbocycles. The summed E-state index contributed by atoms with van der Waals surface area (Å²) in [5, 5.41) is 7.74. The van der Waals surface area contributed by atoms with Crippen molar-refractivity contribution >= 4 is 0 Å². The van der Waals surface area contributed by atoms with Crippen molar-refractivity contribution in [1.29, 1.82) is 0 Å². The Morgan fingerprint density at radius 2 is 2.25 bits per heavy atom. The molecule has 4 nitrogen and oxygen atoms in total. The van der Waals surface area contributed by atoms with Crippen LogP contribution in [0.1, 0.15) is 38.4 Å². The third kappa shape index (κ3) is 2.61. The molecular weight excluding hydrogens is 200 g/mol. The Bertz CT molecular complexity index is 315. The predicted octanol–water partition coefficient (Wildman–Crippen LogP) is 1.53. The molecule has 1 atom stereocenters. The Labute approximate surface area is 97.5 Å². The van der Waals surface area contributed by atoms with Crippen molar-refractivity contribution in [2.45, 2.75) is 45.1 Å². The SMILES string of the molecule is CCNC(Cc1ncnn1C)C1CCCC1. The van der Waals surface area contributed by atoms with Crippen LogP contribution in [-0.2, 0) is 13.5 Å². The number of aryl methyl sites for hydroxylation is 1. The average molecular weight is 222 g/mol. The number of hydrogen-bond acceptors (Lipinski definition) is 3. The van der Waals surface area contributed by atoms with Gasteiger partial charge in [-0.2, -0.15) is 5.10 Å². The number of likely N-dealkylation sites (N-methyl/N-ethyl adjacent to an activating group) is 1. The molecule has 1 fully saturated rings. The minimum atomic E-state index is 0.579. The molecule has 1 N–H and O–H groups in total. The van der Waals surface area contributed by atoms with Gasteiger partial charge in [0.15, 0.2) is 0 Å². The second-order valence-electron chi connectivity index (χ2n) is 4.71. The van der Waals surface area contributed by atoms with E-state index in [-0.39, 0.29) is 0 Å². The Balaban J connectivity index is 1.99. The largest absolute Gasteiger partial charge is 0.314 e. The molecule has 16 heavy (non-hydrogen) atoms. The van der Waals surface area contributed by atoms with E-state index in [1.165, 1.54) is 25.7 Å². The average Bonchev–Trinajstić information content (AvgIpc) is 2.90. The molecule has 0 spiro atoms. The fourth-order valence-electron chi connectivity index (χ4n) is 2.73. The van der Waals surface area contributed by atoms with Crippen LogP contribution in [0.15, 0.2) is 6.33 Å². The van der Waals surface area contributed by atoms with Gasteiger partial charge in [0.2, 0.25) is 0 Å². The Kier molecular flexibility index (Phi) is 3.93. The summed E-state index contributed by atoms with van der Waals surface area (Å²) in [6.45, 7) is 3.22. The third-order valence-corrected chi connectivity index (χ3v) is 3.64. The lowest BCUT2D eigenvalue weighted by atomic mass is 9.95. The maximum Gasteiger partial charge on any atom is 0.138 e. The van der Waals surface area contributed by atoms with Gasteiger partial charge in [-0.05, 0) is 25.3 Å². The van der Waals surface area contributed by atoms with E-state index in [9.17, 15) is 0 Å². The summed E-state index contributed by atoms with van der Waals surface area (Å²) >= 11 is 0. The van der Waals surface area contributed by atoms with E-state index in [1.54, 1.807) is 6.33 Å². The number of aromatic nitrogens is 3. The van der Waals surface area contributed by atoms with Crippen molar-refractivity contribution in [3.8, 4) is 0 Å². The Morgan fingerprint density at radius 1 is 1.50 bits per heavy atom. The van der Waals surface area contributed by atoms with Gasteiger partial charge in [-0.1, -0.05) is 19.8 Å². The van der Waals surface area contributed by atoms with Gasteiger partial charge in [0.25, 0.3) is 0 Å². The van der Waals surface area contributed by atoms with E-state index < -0.39 is 0 Å². The quantitative estimate of drug-likeness (QED) is 0.821. The highest BCUT2D eigenvalue weighted by atomic mass is 15.3. The third-order valence-electron chi connectivity index (χ3n) is 3.64. The minimum Gasteiger partial charge on any atom is -0.314 e. The maximum absolute atomic E-state index is 4.32. The normalized spacial score (nSPS) is 19.1. The van der Waals surface area contributed by atoms with Gasteiger partial charge in [0, 0.05) is 19.5 Å². The van der Waals surface area contributed by atoms with Crippen LogP contribution in [0, 0.1) is 5.92 Å².